The first-order valence-electron chi connectivity index (χ1n) is 5.57. The standard InChI is InChI=1S/C10H20N2O2/c11-12-10(8-3-1-2-4-8)9-7-13-5-6-14-9/h8-10,12H,1-7,11H2. The van der Waals surface area contributed by atoms with Crippen LogP contribution in [0.2, 0.25) is 0 Å². The number of hydrazine groups is 1. The summed E-state index contributed by atoms with van der Waals surface area (Å²) in [5, 5.41) is 0. The Morgan fingerprint density at radius 2 is 2.00 bits per heavy atom. The Morgan fingerprint density at radius 3 is 2.57 bits per heavy atom. The molecule has 0 aromatic rings. The Hall–Kier alpha value is -0.160. The first-order chi connectivity index (χ1) is 6.92. The highest BCUT2D eigenvalue weighted by Crippen LogP contribution is 2.30. The van der Waals surface area contributed by atoms with Crippen LogP contribution in [0.15, 0.2) is 0 Å². The van der Waals surface area contributed by atoms with Crippen LogP contribution in [-0.2, 0) is 9.47 Å². The lowest BCUT2D eigenvalue weighted by Gasteiger charge is -2.33. The van der Waals surface area contributed by atoms with Crippen molar-refractivity contribution < 1.29 is 9.47 Å². The summed E-state index contributed by atoms with van der Waals surface area (Å²) in [6.45, 7) is 2.11. The lowest BCUT2D eigenvalue weighted by Crippen LogP contribution is -2.52. The maximum atomic E-state index is 5.68. The van der Waals surface area contributed by atoms with Crippen LogP contribution in [0.4, 0.5) is 0 Å². The summed E-state index contributed by atoms with van der Waals surface area (Å²) in [4.78, 5) is 0. The van der Waals surface area contributed by atoms with Gasteiger partial charge < -0.3 is 9.47 Å². The van der Waals surface area contributed by atoms with Gasteiger partial charge >= 0.3 is 0 Å². The van der Waals surface area contributed by atoms with Crippen LogP contribution in [0.1, 0.15) is 25.7 Å². The summed E-state index contributed by atoms with van der Waals surface area (Å²) in [5.74, 6) is 6.27. The van der Waals surface area contributed by atoms with Crippen LogP contribution in [0, 0.1) is 5.92 Å². The van der Waals surface area contributed by atoms with E-state index in [1.807, 2.05) is 0 Å². The van der Waals surface area contributed by atoms with Gasteiger partial charge in [0.25, 0.3) is 0 Å². The minimum absolute atomic E-state index is 0.150. The first-order valence-corrected chi connectivity index (χ1v) is 5.57. The lowest BCUT2D eigenvalue weighted by atomic mass is 9.94. The third-order valence-corrected chi connectivity index (χ3v) is 3.34. The van der Waals surface area contributed by atoms with Crippen molar-refractivity contribution in [3.63, 3.8) is 0 Å². The third-order valence-electron chi connectivity index (χ3n) is 3.34. The molecule has 2 atom stereocenters. The number of nitrogens with one attached hydrogen (secondary N) is 1. The van der Waals surface area contributed by atoms with Crippen LogP contribution in [-0.4, -0.2) is 32.0 Å². The van der Waals surface area contributed by atoms with E-state index in [0.29, 0.717) is 19.1 Å². The van der Waals surface area contributed by atoms with E-state index in [1.54, 1.807) is 0 Å². The van der Waals surface area contributed by atoms with E-state index in [1.165, 1.54) is 25.7 Å². The van der Waals surface area contributed by atoms with Gasteiger partial charge in [0.1, 0.15) is 0 Å². The van der Waals surface area contributed by atoms with Gasteiger partial charge in [-0.25, -0.2) is 0 Å². The molecule has 2 aliphatic rings. The number of hydrogen-bond donors (Lipinski definition) is 2. The van der Waals surface area contributed by atoms with Gasteiger partial charge in [0, 0.05) is 0 Å². The van der Waals surface area contributed by atoms with E-state index in [0.717, 1.165) is 6.61 Å². The van der Waals surface area contributed by atoms with Crippen LogP contribution >= 0.6 is 0 Å². The minimum atomic E-state index is 0.150. The van der Waals surface area contributed by atoms with E-state index in [-0.39, 0.29) is 12.1 Å². The fourth-order valence-corrected chi connectivity index (χ4v) is 2.58. The van der Waals surface area contributed by atoms with Gasteiger partial charge in [-0.15, -0.1) is 0 Å². The molecule has 1 aliphatic carbocycles. The van der Waals surface area contributed by atoms with Crippen molar-refractivity contribution in [2.45, 2.75) is 37.8 Å². The quantitative estimate of drug-likeness (QED) is 0.512. The van der Waals surface area contributed by atoms with E-state index < -0.39 is 0 Å². The predicted octanol–water partition coefficient (Wildman–Crippen LogP) is 0.424. The van der Waals surface area contributed by atoms with Gasteiger partial charge in [-0.05, 0) is 18.8 Å². The summed E-state index contributed by atoms with van der Waals surface area (Å²) >= 11 is 0. The first kappa shape index (κ1) is 10.4. The van der Waals surface area contributed by atoms with Gasteiger partial charge in [-0.3, -0.25) is 11.3 Å². The van der Waals surface area contributed by atoms with Gasteiger partial charge in [0.15, 0.2) is 0 Å². The second kappa shape index (κ2) is 5.07. The topological polar surface area (TPSA) is 56.5 Å². The molecular weight excluding hydrogens is 180 g/mol. The summed E-state index contributed by atoms with van der Waals surface area (Å²) in [7, 11) is 0. The van der Waals surface area contributed by atoms with Gasteiger partial charge in [0.2, 0.25) is 0 Å². The molecule has 1 heterocycles. The molecule has 0 aromatic heterocycles. The average molecular weight is 200 g/mol. The van der Waals surface area contributed by atoms with Crippen molar-refractivity contribution >= 4 is 0 Å². The van der Waals surface area contributed by atoms with Gasteiger partial charge in [-0.1, -0.05) is 12.8 Å². The van der Waals surface area contributed by atoms with Crippen molar-refractivity contribution in [1.29, 1.82) is 0 Å². The molecule has 4 nitrogen and oxygen atoms in total. The zero-order valence-corrected chi connectivity index (χ0v) is 8.58. The van der Waals surface area contributed by atoms with Crippen LogP contribution in [0.5, 0.6) is 0 Å². The van der Waals surface area contributed by atoms with Crippen molar-refractivity contribution in [1.82, 2.24) is 5.43 Å². The minimum Gasteiger partial charge on any atom is -0.376 e. The average Bonchev–Trinajstić information content (AvgIpc) is 2.74. The normalized spacial score (nSPS) is 31.9. The van der Waals surface area contributed by atoms with Crippen LogP contribution < -0.4 is 11.3 Å². The summed E-state index contributed by atoms with van der Waals surface area (Å²) in [6.07, 6.45) is 5.35. The highest BCUT2D eigenvalue weighted by atomic mass is 16.6. The molecule has 0 bridgehead atoms. The summed E-state index contributed by atoms with van der Waals surface area (Å²) in [5.41, 5.74) is 2.91. The summed E-state index contributed by atoms with van der Waals surface area (Å²) < 4.78 is 11.1. The molecule has 0 aromatic carbocycles. The molecule has 2 rings (SSSR count). The fraction of sp³-hybridized carbons (Fsp3) is 1.00. The van der Waals surface area contributed by atoms with Crippen molar-refractivity contribution in [2.75, 3.05) is 19.8 Å². The molecule has 2 unspecified atom stereocenters. The third kappa shape index (κ3) is 2.25. The second-order valence-electron chi connectivity index (χ2n) is 4.22. The number of hydrogen-bond acceptors (Lipinski definition) is 4. The van der Waals surface area contributed by atoms with E-state index in [2.05, 4.69) is 5.43 Å². The predicted molar refractivity (Wildman–Crippen MR) is 53.6 cm³/mol. The van der Waals surface area contributed by atoms with Crippen LogP contribution in [0.25, 0.3) is 0 Å². The molecule has 4 heteroatoms. The Morgan fingerprint density at radius 1 is 1.21 bits per heavy atom. The molecule has 0 spiro atoms. The van der Waals surface area contributed by atoms with Crippen molar-refractivity contribution in [3.8, 4) is 0 Å². The SMILES string of the molecule is NNC(C1CCCC1)C1COCCO1. The molecule has 0 amide bonds. The van der Waals surface area contributed by atoms with Crippen molar-refractivity contribution in [3.05, 3.63) is 0 Å². The van der Waals surface area contributed by atoms with Crippen LogP contribution in [0.3, 0.4) is 0 Å². The monoisotopic (exact) mass is 200 g/mol. The zero-order valence-electron chi connectivity index (χ0n) is 8.58. The van der Waals surface area contributed by atoms with Gasteiger partial charge in [0.05, 0.1) is 32.0 Å². The molecule has 82 valence electrons. The van der Waals surface area contributed by atoms with E-state index in [4.69, 9.17) is 15.3 Å². The second-order valence-corrected chi connectivity index (χ2v) is 4.22. The Balaban J connectivity index is 1.89. The highest BCUT2D eigenvalue weighted by Gasteiger charge is 2.32. The zero-order chi connectivity index (χ0) is 9.80. The number of nitrogens with two attached hydrogens (primary N) is 1. The largest absolute Gasteiger partial charge is 0.376 e. The molecule has 3 N–H and O–H groups in total. The Bertz CT molecular complexity index is 166. The lowest BCUT2D eigenvalue weighted by molar-refractivity contribution is -0.108. The maximum absolute atomic E-state index is 5.68. The molecule has 14 heavy (non-hydrogen) atoms. The van der Waals surface area contributed by atoms with Crippen molar-refractivity contribution in [2.24, 2.45) is 11.8 Å². The van der Waals surface area contributed by atoms with E-state index >= 15 is 0 Å². The molecule has 0 radical (unpaired) electrons. The molecule has 1 aliphatic heterocycles. The fourth-order valence-electron chi connectivity index (χ4n) is 2.58. The Kier molecular flexibility index (Phi) is 3.75. The molecule has 1 saturated carbocycles. The van der Waals surface area contributed by atoms with Gasteiger partial charge in [-0.2, -0.15) is 0 Å². The highest BCUT2D eigenvalue weighted by molar-refractivity contribution is 4.86. The smallest absolute Gasteiger partial charge is 0.0978 e. The number of rotatable bonds is 3. The maximum Gasteiger partial charge on any atom is 0.0978 e. The molecule has 1 saturated heterocycles. The van der Waals surface area contributed by atoms with E-state index in [9.17, 15) is 0 Å². The number of ether oxygens (including phenoxy) is 2. The molecule has 2 fully saturated rings. The molecular formula is C10H20N2O2. The Labute approximate surface area is 85.1 Å². The summed E-state index contributed by atoms with van der Waals surface area (Å²) in [6, 6.07) is 0.276.